The number of hydrogen-bond acceptors (Lipinski definition) is 6. The minimum Gasteiger partial charge on any atom is -0.489 e. The van der Waals surface area contributed by atoms with Gasteiger partial charge in [-0.25, -0.2) is 4.79 Å². The molecule has 0 aliphatic carbocycles. The van der Waals surface area contributed by atoms with E-state index in [2.05, 4.69) is 11.3 Å². The number of allylic oxidation sites excluding steroid dienone is 3. The van der Waals surface area contributed by atoms with Gasteiger partial charge >= 0.3 is 11.7 Å². The lowest BCUT2D eigenvalue weighted by atomic mass is 10.2. The molecule has 0 bridgehead atoms. The van der Waals surface area contributed by atoms with Crippen molar-refractivity contribution in [3.05, 3.63) is 64.8 Å². The summed E-state index contributed by atoms with van der Waals surface area (Å²) in [6.45, 7) is 5.30. The van der Waals surface area contributed by atoms with Crippen LogP contribution in [0.3, 0.4) is 0 Å². The Morgan fingerprint density at radius 2 is 2.08 bits per heavy atom. The summed E-state index contributed by atoms with van der Waals surface area (Å²) >= 11 is 0. The maximum Gasteiger partial charge on any atom is 0.343 e. The molecular formula is C17H19NO6. The van der Waals surface area contributed by atoms with Crippen LogP contribution in [-0.4, -0.2) is 31.2 Å². The molecule has 1 rings (SSSR count). The highest BCUT2D eigenvalue weighted by atomic mass is 16.6. The van der Waals surface area contributed by atoms with Crippen molar-refractivity contribution < 1.29 is 23.9 Å². The van der Waals surface area contributed by atoms with E-state index in [1.807, 2.05) is 19.1 Å². The van der Waals surface area contributed by atoms with Crippen molar-refractivity contribution in [3.63, 3.8) is 0 Å². The van der Waals surface area contributed by atoms with Crippen LogP contribution >= 0.6 is 0 Å². The van der Waals surface area contributed by atoms with E-state index in [1.54, 1.807) is 12.2 Å². The van der Waals surface area contributed by atoms with Gasteiger partial charge in [-0.05, 0) is 18.6 Å². The van der Waals surface area contributed by atoms with Gasteiger partial charge in [0.1, 0.15) is 12.4 Å². The molecule has 0 saturated heterocycles. The number of esters is 1. The molecule has 0 unspecified atom stereocenters. The Morgan fingerprint density at radius 3 is 2.67 bits per heavy atom. The number of nitrogens with zero attached hydrogens (tertiary/aromatic N) is 1. The number of ether oxygens (including phenoxy) is 3. The van der Waals surface area contributed by atoms with Gasteiger partial charge < -0.3 is 14.2 Å². The number of hydrogen-bond donors (Lipinski definition) is 0. The number of carbonyl (C=O) groups is 1. The summed E-state index contributed by atoms with van der Waals surface area (Å²) in [4.78, 5) is 21.6. The molecule has 0 atom stereocenters. The van der Waals surface area contributed by atoms with E-state index in [9.17, 15) is 14.9 Å². The average Bonchev–Trinajstić information content (AvgIpc) is 2.59. The molecule has 7 heteroatoms. The Kier molecular flexibility index (Phi) is 7.77. The van der Waals surface area contributed by atoms with E-state index in [4.69, 9.17) is 9.47 Å². The molecular weight excluding hydrogens is 314 g/mol. The zero-order chi connectivity index (χ0) is 17.9. The number of nitro groups is 1. The predicted molar refractivity (Wildman–Crippen MR) is 89.2 cm³/mol. The maximum atomic E-state index is 11.1. The van der Waals surface area contributed by atoms with Crippen molar-refractivity contribution in [2.75, 3.05) is 20.3 Å². The molecule has 0 saturated carbocycles. The topological polar surface area (TPSA) is 87.9 Å². The van der Waals surface area contributed by atoms with Gasteiger partial charge in [0.25, 0.3) is 0 Å². The fourth-order valence-corrected chi connectivity index (χ4v) is 1.63. The monoisotopic (exact) mass is 333 g/mol. The van der Waals surface area contributed by atoms with Crippen LogP contribution in [0, 0.1) is 10.1 Å². The summed E-state index contributed by atoms with van der Waals surface area (Å²) in [6, 6.07) is 4.09. The number of benzene rings is 1. The SMILES string of the molecule is C=CC=CC(=CC)COc1ccc([N+](=O)[O-])c(OCC(=O)OC)c1. The van der Waals surface area contributed by atoms with Crippen molar-refractivity contribution >= 4 is 11.7 Å². The van der Waals surface area contributed by atoms with E-state index in [0.717, 1.165) is 5.57 Å². The lowest BCUT2D eigenvalue weighted by Crippen LogP contribution is -2.13. The number of rotatable bonds is 9. The standard InChI is InChI=1S/C17H19NO6/c1-4-6-7-13(5-2)11-23-14-8-9-15(18(20)21)16(10-14)24-12-17(19)22-3/h4-10H,1,11-12H2,2-3H3. The second-order valence-corrected chi connectivity index (χ2v) is 4.50. The van der Waals surface area contributed by atoms with Gasteiger partial charge in [0.2, 0.25) is 5.75 Å². The fraction of sp³-hybridized carbons (Fsp3) is 0.235. The summed E-state index contributed by atoms with van der Waals surface area (Å²) in [5.74, 6) is -0.320. The van der Waals surface area contributed by atoms with Crippen molar-refractivity contribution in [1.29, 1.82) is 0 Å². The Balaban J connectivity index is 2.89. The molecule has 0 aromatic heterocycles. The summed E-state index contributed by atoms with van der Waals surface area (Å²) in [5, 5.41) is 11.0. The Labute approximate surface area is 140 Å². The highest BCUT2D eigenvalue weighted by Gasteiger charge is 2.17. The number of methoxy groups -OCH3 is 1. The lowest BCUT2D eigenvalue weighted by Gasteiger charge is -2.10. The van der Waals surface area contributed by atoms with E-state index >= 15 is 0 Å². The normalized spacial score (nSPS) is 11.2. The second kappa shape index (κ2) is 9.83. The molecule has 0 aliphatic heterocycles. The molecule has 0 N–H and O–H groups in total. The fourth-order valence-electron chi connectivity index (χ4n) is 1.63. The Hall–Kier alpha value is -3.09. The van der Waals surface area contributed by atoms with Crippen LogP contribution in [0.15, 0.2) is 54.7 Å². The molecule has 7 nitrogen and oxygen atoms in total. The third kappa shape index (κ3) is 5.96. The van der Waals surface area contributed by atoms with Crippen molar-refractivity contribution in [2.45, 2.75) is 6.92 Å². The summed E-state index contributed by atoms with van der Waals surface area (Å²) < 4.78 is 15.2. The van der Waals surface area contributed by atoms with Gasteiger partial charge in [-0.3, -0.25) is 10.1 Å². The highest BCUT2D eigenvalue weighted by Crippen LogP contribution is 2.31. The highest BCUT2D eigenvalue weighted by molar-refractivity contribution is 5.71. The molecule has 1 aromatic carbocycles. The smallest absolute Gasteiger partial charge is 0.343 e. The van der Waals surface area contributed by atoms with Gasteiger partial charge in [-0.2, -0.15) is 0 Å². The van der Waals surface area contributed by atoms with Crippen LogP contribution < -0.4 is 9.47 Å². The molecule has 0 heterocycles. The lowest BCUT2D eigenvalue weighted by molar-refractivity contribution is -0.385. The molecule has 0 radical (unpaired) electrons. The third-order valence-corrected chi connectivity index (χ3v) is 2.92. The average molecular weight is 333 g/mol. The molecule has 0 amide bonds. The predicted octanol–water partition coefficient (Wildman–Crippen LogP) is 3.21. The van der Waals surface area contributed by atoms with Crippen LogP contribution in [0.1, 0.15) is 6.92 Å². The van der Waals surface area contributed by atoms with E-state index in [1.165, 1.54) is 25.3 Å². The molecule has 128 valence electrons. The van der Waals surface area contributed by atoms with E-state index < -0.39 is 17.5 Å². The molecule has 1 aromatic rings. The van der Waals surface area contributed by atoms with Crippen LogP contribution in [0.25, 0.3) is 0 Å². The zero-order valence-corrected chi connectivity index (χ0v) is 13.6. The minimum atomic E-state index is -0.638. The van der Waals surface area contributed by atoms with Gasteiger partial charge in [0, 0.05) is 12.1 Å². The van der Waals surface area contributed by atoms with Crippen molar-refractivity contribution in [1.82, 2.24) is 0 Å². The quantitative estimate of drug-likeness (QED) is 0.298. The van der Waals surface area contributed by atoms with Crippen molar-refractivity contribution in [2.24, 2.45) is 0 Å². The molecule has 0 fully saturated rings. The second-order valence-electron chi connectivity index (χ2n) is 4.50. The maximum absolute atomic E-state index is 11.1. The summed E-state index contributed by atoms with van der Waals surface area (Å²) in [6.07, 6.45) is 7.14. The summed E-state index contributed by atoms with van der Waals surface area (Å²) in [7, 11) is 1.20. The van der Waals surface area contributed by atoms with Gasteiger partial charge in [0.05, 0.1) is 12.0 Å². The van der Waals surface area contributed by atoms with Gasteiger partial charge in [0.15, 0.2) is 6.61 Å². The minimum absolute atomic E-state index is 0.0634. The summed E-state index contributed by atoms with van der Waals surface area (Å²) in [5.41, 5.74) is 0.648. The first-order valence-electron chi connectivity index (χ1n) is 7.07. The molecule has 24 heavy (non-hydrogen) atoms. The van der Waals surface area contributed by atoms with E-state index in [0.29, 0.717) is 5.75 Å². The zero-order valence-electron chi connectivity index (χ0n) is 13.6. The van der Waals surface area contributed by atoms with Crippen LogP contribution in [-0.2, 0) is 9.53 Å². The van der Waals surface area contributed by atoms with Crippen molar-refractivity contribution in [3.8, 4) is 11.5 Å². The largest absolute Gasteiger partial charge is 0.489 e. The first-order chi connectivity index (χ1) is 11.5. The van der Waals surface area contributed by atoms with Gasteiger partial charge in [-0.15, -0.1) is 0 Å². The molecule has 0 spiro atoms. The van der Waals surface area contributed by atoms with Crippen LogP contribution in [0.4, 0.5) is 5.69 Å². The van der Waals surface area contributed by atoms with Gasteiger partial charge in [-0.1, -0.05) is 30.9 Å². The van der Waals surface area contributed by atoms with E-state index in [-0.39, 0.29) is 18.0 Å². The number of nitro benzene ring substituents is 1. The Bertz CT molecular complexity index is 663. The number of carbonyl (C=O) groups excluding carboxylic acids is 1. The first-order valence-corrected chi connectivity index (χ1v) is 7.07. The van der Waals surface area contributed by atoms with Crippen LogP contribution in [0.5, 0.6) is 11.5 Å². The first kappa shape index (κ1) is 19.0. The third-order valence-electron chi connectivity index (χ3n) is 2.92. The molecule has 0 aliphatic rings. The van der Waals surface area contributed by atoms with Crippen LogP contribution in [0.2, 0.25) is 0 Å². The Morgan fingerprint density at radius 1 is 1.33 bits per heavy atom.